The van der Waals surface area contributed by atoms with Gasteiger partial charge in [-0.05, 0) is 6.07 Å². The molecule has 0 aliphatic carbocycles. The Morgan fingerprint density at radius 1 is 1.50 bits per heavy atom. The molecule has 118 valence electrons. The van der Waals surface area contributed by atoms with Gasteiger partial charge in [-0.25, -0.2) is 4.98 Å². The summed E-state index contributed by atoms with van der Waals surface area (Å²) < 4.78 is 6.61. The third-order valence-electron chi connectivity index (χ3n) is 3.66. The summed E-state index contributed by atoms with van der Waals surface area (Å²) in [5.74, 6) is -1.21. The minimum absolute atomic E-state index is 0.159. The second-order valence-corrected chi connectivity index (χ2v) is 4.99. The number of aromatic nitrogens is 3. The third-order valence-corrected chi connectivity index (χ3v) is 3.66. The number of amides is 1. The van der Waals surface area contributed by atoms with Crippen LogP contribution >= 0.6 is 0 Å². The lowest BCUT2D eigenvalue weighted by Gasteiger charge is -2.21. The van der Waals surface area contributed by atoms with Crippen molar-refractivity contribution in [3.8, 4) is 0 Å². The van der Waals surface area contributed by atoms with Gasteiger partial charge in [0.2, 0.25) is 5.82 Å². The van der Waals surface area contributed by atoms with Crippen LogP contribution in [0.3, 0.4) is 0 Å². The van der Waals surface area contributed by atoms with Gasteiger partial charge in [-0.2, -0.15) is 0 Å². The van der Waals surface area contributed by atoms with E-state index in [2.05, 4.69) is 9.97 Å². The monoisotopic (exact) mass is 309 g/mol. The van der Waals surface area contributed by atoms with E-state index in [4.69, 9.17) is 21.0 Å². The quantitative estimate of drug-likeness (QED) is 0.367. The predicted octanol–water partition coefficient (Wildman–Crippen LogP) is -2.45. The van der Waals surface area contributed by atoms with Crippen LogP contribution in [-0.4, -0.2) is 60.7 Å². The molecule has 7 N–H and O–H groups in total. The van der Waals surface area contributed by atoms with Crippen molar-refractivity contribution in [3.63, 3.8) is 0 Å². The Hall–Kier alpha value is -2.27. The molecular formula is C12H15N5O5. The number of hydrogen-bond donors (Lipinski definition) is 6. The molecule has 1 aliphatic rings. The van der Waals surface area contributed by atoms with Crippen LogP contribution in [0.5, 0.6) is 0 Å². The first-order chi connectivity index (χ1) is 10.5. The van der Waals surface area contributed by atoms with Crippen molar-refractivity contribution in [3.05, 3.63) is 23.6 Å². The average molecular weight is 309 g/mol. The summed E-state index contributed by atoms with van der Waals surface area (Å²) in [4.78, 5) is 18.3. The number of carbonyl (C=O) groups excluding carboxylic acids is 1. The molecule has 0 saturated carbocycles. The van der Waals surface area contributed by atoms with Crippen molar-refractivity contribution in [1.29, 1.82) is 5.41 Å². The van der Waals surface area contributed by atoms with Crippen LogP contribution in [0.25, 0.3) is 11.0 Å². The van der Waals surface area contributed by atoms with Crippen LogP contribution in [0, 0.1) is 5.41 Å². The number of nitrogens with one attached hydrogen (secondary N) is 2. The van der Waals surface area contributed by atoms with Gasteiger partial charge in [0.1, 0.15) is 24.0 Å². The highest BCUT2D eigenvalue weighted by Crippen LogP contribution is 2.31. The van der Waals surface area contributed by atoms with Gasteiger partial charge < -0.3 is 30.8 Å². The molecule has 0 radical (unpaired) electrons. The SMILES string of the molecule is N=c1nc(C(N)=O)n([C@@H]2O[C@H](CO)[C@@H](O)[C@@H]2O)c2[nH]ccc12. The van der Waals surface area contributed by atoms with Crippen molar-refractivity contribution in [2.45, 2.75) is 24.5 Å². The van der Waals surface area contributed by atoms with E-state index in [0.29, 0.717) is 11.0 Å². The second-order valence-electron chi connectivity index (χ2n) is 4.99. The highest BCUT2D eigenvalue weighted by Gasteiger charge is 2.44. The number of aliphatic hydroxyl groups excluding tert-OH is 3. The maximum Gasteiger partial charge on any atom is 0.284 e. The molecule has 1 amide bonds. The molecule has 2 aromatic rings. The molecule has 3 heterocycles. The van der Waals surface area contributed by atoms with E-state index in [1.165, 1.54) is 10.8 Å². The number of hydrogen-bond acceptors (Lipinski definition) is 7. The number of H-pyrrole nitrogens is 1. The van der Waals surface area contributed by atoms with Gasteiger partial charge in [0.15, 0.2) is 11.7 Å². The number of fused-ring (bicyclic) bond motifs is 1. The molecule has 0 bridgehead atoms. The largest absolute Gasteiger partial charge is 0.394 e. The fourth-order valence-electron chi connectivity index (χ4n) is 2.59. The Labute approximate surface area is 123 Å². The normalized spacial score (nSPS) is 28.3. The predicted molar refractivity (Wildman–Crippen MR) is 71.5 cm³/mol. The van der Waals surface area contributed by atoms with Crippen LogP contribution < -0.4 is 11.2 Å². The Balaban J connectivity index is 2.24. The van der Waals surface area contributed by atoms with Crippen molar-refractivity contribution in [2.75, 3.05) is 6.61 Å². The Kier molecular flexibility index (Phi) is 3.45. The lowest BCUT2D eigenvalue weighted by atomic mass is 10.1. The summed E-state index contributed by atoms with van der Waals surface area (Å²) in [5.41, 5.74) is 5.43. The minimum Gasteiger partial charge on any atom is -0.394 e. The van der Waals surface area contributed by atoms with E-state index < -0.39 is 37.1 Å². The average Bonchev–Trinajstić information content (AvgIpc) is 3.07. The van der Waals surface area contributed by atoms with Crippen LogP contribution in [0.4, 0.5) is 0 Å². The lowest BCUT2D eigenvalue weighted by Crippen LogP contribution is -2.35. The highest BCUT2D eigenvalue weighted by atomic mass is 16.6. The first-order valence-corrected chi connectivity index (χ1v) is 6.52. The van der Waals surface area contributed by atoms with E-state index in [9.17, 15) is 15.0 Å². The summed E-state index contributed by atoms with van der Waals surface area (Å²) >= 11 is 0. The number of carbonyl (C=O) groups is 1. The number of ether oxygens (including phenoxy) is 1. The molecule has 1 saturated heterocycles. The maximum atomic E-state index is 11.6. The first kappa shape index (κ1) is 14.7. The smallest absolute Gasteiger partial charge is 0.284 e. The first-order valence-electron chi connectivity index (χ1n) is 6.52. The summed E-state index contributed by atoms with van der Waals surface area (Å²) in [5, 5.41) is 37.4. The molecule has 1 aliphatic heterocycles. The van der Waals surface area contributed by atoms with Gasteiger partial charge in [0.25, 0.3) is 5.91 Å². The van der Waals surface area contributed by atoms with E-state index >= 15 is 0 Å². The molecule has 0 aromatic carbocycles. The van der Waals surface area contributed by atoms with Gasteiger partial charge in [0.05, 0.1) is 12.0 Å². The zero-order valence-electron chi connectivity index (χ0n) is 11.3. The number of nitrogens with two attached hydrogens (primary N) is 1. The fourth-order valence-corrected chi connectivity index (χ4v) is 2.59. The van der Waals surface area contributed by atoms with Crippen molar-refractivity contribution in [2.24, 2.45) is 5.73 Å². The second kappa shape index (κ2) is 5.18. The van der Waals surface area contributed by atoms with E-state index in [-0.39, 0.29) is 11.3 Å². The number of aromatic amines is 1. The zero-order chi connectivity index (χ0) is 16.0. The van der Waals surface area contributed by atoms with Gasteiger partial charge in [-0.15, -0.1) is 0 Å². The Morgan fingerprint density at radius 2 is 2.23 bits per heavy atom. The van der Waals surface area contributed by atoms with E-state index in [1.807, 2.05) is 0 Å². The summed E-state index contributed by atoms with van der Waals surface area (Å²) in [6.45, 7) is -0.501. The zero-order valence-corrected chi connectivity index (χ0v) is 11.3. The number of primary amides is 1. The van der Waals surface area contributed by atoms with Gasteiger partial charge in [-0.1, -0.05) is 0 Å². The summed E-state index contributed by atoms with van der Waals surface area (Å²) in [7, 11) is 0. The van der Waals surface area contributed by atoms with Gasteiger partial charge in [0, 0.05) is 6.20 Å². The van der Waals surface area contributed by atoms with Gasteiger partial charge in [-0.3, -0.25) is 14.8 Å². The maximum absolute atomic E-state index is 11.6. The molecule has 22 heavy (non-hydrogen) atoms. The molecule has 10 nitrogen and oxygen atoms in total. The third kappa shape index (κ3) is 2.01. The highest BCUT2D eigenvalue weighted by molar-refractivity contribution is 5.91. The molecule has 3 rings (SSSR count). The van der Waals surface area contributed by atoms with Crippen LogP contribution in [0.1, 0.15) is 16.8 Å². The minimum atomic E-state index is -1.40. The molecule has 4 atom stereocenters. The number of rotatable bonds is 3. The summed E-state index contributed by atoms with van der Waals surface area (Å²) in [6, 6.07) is 1.58. The van der Waals surface area contributed by atoms with E-state index in [0.717, 1.165) is 0 Å². The molecule has 10 heteroatoms. The van der Waals surface area contributed by atoms with Crippen molar-refractivity contribution >= 4 is 16.9 Å². The summed E-state index contributed by atoms with van der Waals surface area (Å²) in [6.07, 6.45) is -3.38. The molecule has 0 unspecified atom stereocenters. The van der Waals surface area contributed by atoms with Crippen molar-refractivity contribution in [1.82, 2.24) is 14.5 Å². The fraction of sp³-hybridized carbons (Fsp3) is 0.417. The molecule has 1 fully saturated rings. The van der Waals surface area contributed by atoms with Gasteiger partial charge >= 0.3 is 0 Å². The molecule has 0 spiro atoms. The number of nitrogens with zero attached hydrogens (tertiary/aromatic N) is 2. The Morgan fingerprint density at radius 3 is 2.82 bits per heavy atom. The van der Waals surface area contributed by atoms with Crippen molar-refractivity contribution < 1.29 is 24.9 Å². The molecule has 2 aromatic heterocycles. The number of aliphatic hydroxyl groups is 3. The van der Waals surface area contributed by atoms with Crippen LogP contribution in [-0.2, 0) is 4.74 Å². The standard InChI is InChI=1S/C12H15N5O5/c13-8-4-1-2-15-10(4)17(11(16-8)9(14)21)12-7(20)6(19)5(3-18)22-12/h1-2,5-7,12-13,15,18-20H,3H2,(H2,14,21)/t5-,6-,7+,12-/m1/s1. The Bertz CT molecular complexity index is 784. The lowest BCUT2D eigenvalue weighted by molar-refractivity contribution is -0.0522. The van der Waals surface area contributed by atoms with Crippen LogP contribution in [0.15, 0.2) is 12.3 Å². The van der Waals surface area contributed by atoms with Crippen LogP contribution in [0.2, 0.25) is 0 Å². The molecular weight excluding hydrogens is 294 g/mol. The van der Waals surface area contributed by atoms with E-state index in [1.54, 1.807) is 6.07 Å². The topological polar surface area (TPSA) is 170 Å².